The van der Waals surface area contributed by atoms with Crippen LogP contribution in [0.25, 0.3) is 10.9 Å². The van der Waals surface area contributed by atoms with E-state index >= 15 is 0 Å². The summed E-state index contributed by atoms with van der Waals surface area (Å²) in [6, 6.07) is 4.81. The van der Waals surface area contributed by atoms with Crippen LogP contribution in [0.15, 0.2) is 24.5 Å². The number of benzene rings is 1. The highest BCUT2D eigenvalue weighted by Gasteiger charge is 2.29. The van der Waals surface area contributed by atoms with Gasteiger partial charge < -0.3 is 14.8 Å². The van der Waals surface area contributed by atoms with Crippen LogP contribution in [0, 0.1) is 5.82 Å². The molecule has 0 saturated carbocycles. The third-order valence-corrected chi connectivity index (χ3v) is 3.30. The summed E-state index contributed by atoms with van der Waals surface area (Å²) in [4.78, 5) is 8.13. The van der Waals surface area contributed by atoms with Gasteiger partial charge >= 0.3 is 0 Å². The van der Waals surface area contributed by atoms with Crippen molar-refractivity contribution in [2.45, 2.75) is 19.1 Å². The van der Waals surface area contributed by atoms with Crippen LogP contribution in [0.1, 0.15) is 13.3 Å². The number of para-hydroxylation sites is 1. The first-order valence-electron chi connectivity index (χ1n) is 6.59. The number of aromatic nitrogens is 2. The Morgan fingerprint density at radius 2 is 2.10 bits per heavy atom. The van der Waals surface area contributed by atoms with Crippen molar-refractivity contribution in [2.24, 2.45) is 0 Å². The number of hydrogen-bond donors (Lipinski definition) is 1. The molecule has 2 heterocycles. The molecule has 6 heteroatoms. The minimum atomic E-state index is -0.678. The van der Waals surface area contributed by atoms with E-state index in [4.69, 9.17) is 9.47 Å². The van der Waals surface area contributed by atoms with E-state index < -0.39 is 5.79 Å². The van der Waals surface area contributed by atoms with Crippen molar-refractivity contribution in [3.8, 4) is 0 Å². The first-order valence-corrected chi connectivity index (χ1v) is 6.59. The van der Waals surface area contributed by atoms with E-state index in [2.05, 4.69) is 15.3 Å². The summed E-state index contributed by atoms with van der Waals surface area (Å²) in [5.41, 5.74) is 0.306. The Hall–Kier alpha value is -1.79. The summed E-state index contributed by atoms with van der Waals surface area (Å²) < 4.78 is 24.9. The van der Waals surface area contributed by atoms with Gasteiger partial charge in [0.25, 0.3) is 0 Å². The number of ether oxygens (including phenoxy) is 2. The summed E-state index contributed by atoms with van der Waals surface area (Å²) >= 11 is 0. The van der Waals surface area contributed by atoms with Gasteiger partial charge in [-0.3, -0.25) is 0 Å². The molecule has 0 aliphatic carbocycles. The lowest BCUT2D eigenvalue weighted by Crippen LogP contribution is -2.43. The van der Waals surface area contributed by atoms with E-state index in [1.807, 2.05) is 6.92 Å². The molecule has 1 aromatic carbocycles. The molecule has 20 heavy (non-hydrogen) atoms. The van der Waals surface area contributed by atoms with Crippen molar-refractivity contribution in [1.29, 1.82) is 0 Å². The van der Waals surface area contributed by atoms with Gasteiger partial charge in [-0.2, -0.15) is 0 Å². The predicted molar refractivity (Wildman–Crippen MR) is 72.9 cm³/mol. The van der Waals surface area contributed by atoms with Gasteiger partial charge in [-0.1, -0.05) is 6.07 Å². The SMILES string of the molecule is CC1(CNc2ncnc3c(F)cccc23)OCCCO1. The van der Waals surface area contributed by atoms with Crippen LogP contribution >= 0.6 is 0 Å². The summed E-state index contributed by atoms with van der Waals surface area (Å²) in [5.74, 6) is -0.458. The highest BCUT2D eigenvalue weighted by molar-refractivity contribution is 5.89. The second-order valence-corrected chi connectivity index (χ2v) is 4.90. The highest BCUT2D eigenvalue weighted by Crippen LogP contribution is 2.23. The monoisotopic (exact) mass is 277 g/mol. The maximum atomic E-state index is 13.7. The van der Waals surface area contributed by atoms with Crippen LogP contribution in [-0.4, -0.2) is 35.5 Å². The van der Waals surface area contributed by atoms with Crippen molar-refractivity contribution < 1.29 is 13.9 Å². The van der Waals surface area contributed by atoms with E-state index in [0.717, 1.165) is 6.42 Å². The maximum Gasteiger partial charge on any atom is 0.182 e. The van der Waals surface area contributed by atoms with Gasteiger partial charge in [-0.25, -0.2) is 14.4 Å². The Labute approximate surface area is 116 Å². The second-order valence-electron chi connectivity index (χ2n) is 4.90. The number of rotatable bonds is 3. The lowest BCUT2D eigenvalue weighted by Gasteiger charge is -2.34. The molecular weight excluding hydrogens is 261 g/mol. The normalized spacial score (nSPS) is 18.1. The van der Waals surface area contributed by atoms with Gasteiger partial charge in [-0.15, -0.1) is 0 Å². The van der Waals surface area contributed by atoms with E-state index in [0.29, 0.717) is 36.5 Å². The van der Waals surface area contributed by atoms with Crippen molar-refractivity contribution in [2.75, 3.05) is 25.1 Å². The third-order valence-electron chi connectivity index (χ3n) is 3.30. The number of nitrogens with zero attached hydrogens (tertiary/aromatic N) is 2. The third kappa shape index (κ3) is 2.57. The second kappa shape index (κ2) is 5.30. The number of fused-ring (bicyclic) bond motifs is 1. The standard InChI is InChI=1S/C14H16FN3O2/c1-14(19-6-3-7-20-14)8-16-13-10-4-2-5-11(15)12(10)17-9-18-13/h2,4-5,9H,3,6-8H2,1H3,(H,16,17,18). The van der Waals surface area contributed by atoms with E-state index in [1.54, 1.807) is 12.1 Å². The Balaban J connectivity index is 1.82. The van der Waals surface area contributed by atoms with Crippen LogP contribution in [-0.2, 0) is 9.47 Å². The molecule has 0 bridgehead atoms. The van der Waals surface area contributed by atoms with Crippen LogP contribution in [0.5, 0.6) is 0 Å². The molecule has 1 aromatic heterocycles. The molecule has 1 aliphatic heterocycles. The average Bonchev–Trinajstić information content (AvgIpc) is 2.47. The zero-order valence-corrected chi connectivity index (χ0v) is 11.2. The molecule has 0 radical (unpaired) electrons. The Morgan fingerprint density at radius 1 is 1.30 bits per heavy atom. The van der Waals surface area contributed by atoms with Crippen LogP contribution in [0.4, 0.5) is 10.2 Å². The number of anilines is 1. The van der Waals surface area contributed by atoms with Gasteiger partial charge in [0.05, 0.1) is 19.8 Å². The van der Waals surface area contributed by atoms with Gasteiger partial charge in [0.15, 0.2) is 5.79 Å². The first kappa shape index (κ1) is 13.2. The van der Waals surface area contributed by atoms with Gasteiger partial charge in [0.2, 0.25) is 0 Å². The van der Waals surface area contributed by atoms with Gasteiger partial charge in [0.1, 0.15) is 23.5 Å². The van der Waals surface area contributed by atoms with Crippen molar-refractivity contribution in [3.63, 3.8) is 0 Å². The summed E-state index contributed by atoms with van der Waals surface area (Å²) in [6.45, 7) is 3.67. The average molecular weight is 277 g/mol. The molecule has 1 fully saturated rings. The number of halogens is 1. The van der Waals surface area contributed by atoms with Gasteiger partial charge in [-0.05, 0) is 25.5 Å². The topological polar surface area (TPSA) is 56.3 Å². The molecule has 0 spiro atoms. The number of nitrogens with one attached hydrogen (secondary N) is 1. The fourth-order valence-electron chi connectivity index (χ4n) is 2.22. The van der Waals surface area contributed by atoms with E-state index in [9.17, 15) is 4.39 Å². The zero-order valence-electron chi connectivity index (χ0n) is 11.2. The largest absolute Gasteiger partial charge is 0.364 e. The quantitative estimate of drug-likeness (QED) is 0.933. The molecule has 1 aliphatic rings. The lowest BCUT2D eigenvalue weighted by atomic mass is 10.2. The molecule has 0 atom stereocenters. The fraction of sp³-hybridized carbons (Fsp3) is 0.429. The van der Waals surface area contributed by atoms with Crippen LogP contribution in [0.3, 0.4) is 0 Å². The minimum Gasteiger partial charge on any atom is -0.364 e. The molecule has 1 saturated heterocycles. The van der Waals surface area contributed by atoms with Crippen molar-refractivity contribution in [1.82, 2.24) is 9.97 Å². The predicted octanol–water partition coefficient (Wildman–Crippen LogP) is 2.33. The smallest absolute Gasteiger partial charge is 0.182 e. The molecule has 106 valence electrons. The van der Waals surface area contributed by atoms with Gasteiger partial charge in [0, 0.05) is 5.39 Å². The minimum absolute atomic E-state index is 0.306. The van der Waals surface area contributed by atoms with Crippen molar-refractivity contribution in [3.05, 3.63) is 30.3 Å². The Kier molecular flexibility index (Phi) is 3.50. The van der Waals surface area contributed by atoms with Crippen LogP contribution < -0.4 is 5.32 Å². The molecular formula is C14H16FN3O2. The van der Waals surface area contributed by atoms with Crippen molar-refractivity contribution >= 4 is 16.7 Å². The molecule has 0 amide bonds. The van der Waals surface area contributed by atoms with E-state index in [1.165, 1.54) is 12.4 Å². The molecule has 3 rings (SSSR count). The Morgan fingerprint density at radius 3 is 2.90 bits per heavy atom. The first-order chi connectivity index (χ1) is 9.68. The highest BCUT2D eigenvalue weighted by atomic mass is 19.1. The number of hydrogen-bond acceptors (Lipinski definition) is 5. The fourth-order valence-corrected chi connectivity index (χ4v) is 2.22. The molecule has 0 unspecified atom stereocenters. The summed E-state index contributed by atoms with van der Waals surface area (Å²) in [5, 5.41) is 3.80. The Bertz CT molecular complexity index is 614. The summed E-state index contributed by atoms with van der Waals surface area (Å²) in [7, 11) is 0. The molecule has 1 N–H and O–H groups in total. The van der Waals surface area contributed by atoms with Crippen LogP contribution in [0.2, 0.25) is 0 Å². The molecule has 5 nitrogen and oxygen atoms in total. The van der Waals surface area contributed by atoms with E-state index in [-0.39, 0.29) is 5.82 Å². The lowest BCUT2D eigenvalue weighted by molar-refractivity contribution is -0.246. The molecule has 2 aromatic rings. The maximum absolute atomic E-state index is 13.7. The zero-order chi connectivity index (χ0) is 14.0. The summed E-state index contributed by atoms with van der Waals surface area (Å²) in [6.07, 6.45) is 2.25.